The Bertz CT molecular complexity index is 596. The van der Waals surface area contributed by atoms with Crippen molar-refractivity contribution in [2.75, 3.05) is 5.32 Å². The number of carbonyl (C=O) groups is 1. The van der Waals surface area contributed by atoms with E-state index in [0.29, 0.717) is 16.3 Å². The van der Waals surface area contributed by atoms with Gasteiger partial charge in [0.05, 0.1) is 4.92 Å². The number of nitrogens with zero attached hydrogens (tertiary/aromatic N) is 2. The highest BCUT2D eigenvalue weighted by molar-refractivity contribution is 7.13. The number of benzene rings is 1. The lowest BCUT2D eigenvalue weighted by molar-refractivity contribution is -0.385. The maximum absolute atomic E-state index is 11.8. The molecule has 0 bridgehead atoms. The molecule has 0 aliphatic heterocycles. The van der Waals surface area contributed by atoms with Crippen molar-refractivity contribution < 1.29 is 9.72 Å². The van der Waals surface area contributed by atoms with Gasteiger partial charge in [-0.2, -0.15) is 0 Å². The van der Waals surface area contributed by atoms with Gasteiger partial charge in [-0.1, -0.05) is 0 Å². The van der Waals surface area contributed by atoms with Crippen LogP contribution in [-0.2, 0) is 0 Å². The normalized spacial score (nSPS) is 10.1. The average Bonchev–Trinajstić information content (AvgIpc) is 2.81. The highest BCUT2D eigenvalue weighted by Gasteiger charge is 2.14. The smallest absolute Gasteiger partial charge is 0.272 e. The number of nitrogens with one attached hydrogen (secondary N) is 1. The van der Waals surface area contributed by atoms with Gasteiger partial charge in [-0.05, 0) is 19.1 Å². The number of aromatic nitrogens is 1. The number of anilines is 1. The lowest BCUT2D eigenvalue weighted by atomic mass is 10.1. The number of amides is 1. The first-order valence-electron chi connectivity index (χ1n) is 5.04. The summed E-state index contributed by atoms with van der Waals surface area (Å²) >= 11 is 1.31. The zero-order valence-corrected chi connectivity index (χ0v) is 10.2. The molecule has 0 fully saturated rings. The molecule has 1 aromatic heterocycles. The summed E-state index contributed by atoms with van der Waals surface area (Å²) in [5.74, 6) is -0.331. The van der Waals surface area contributed by atoms with Crippen molar-refractivity contribution in [2.45, 2.75) is 6.92 Å². The summed E-state index contributed by atoms with van der Waals surface area (Å²) < 4.78 is 0. The summed E-state index contributed by atoms with van der Waals surface area (Å²) in [6, 6.07) is 4.24. The molecule has 0 aliphatic carbocycles. The van der Waals surface area contributed by atoms with E-state index in [-0.39, 0.29) is 11.6 Å². The highest BCUT2D eigenvalue weighted by atomic mass is 32.1. The molecule has 0 aliphatic rings. The molecular weight excluding hydrogens is 254 g/mol. The Morgan fingerprint density at radius 3 is 2.83 bits per heavy atom. The highest BCUT2D eigenvalue weighted by Crippen LogP contribution is 2.20. The summed E-state index contributed by atoms with van der Waals surface area (Å²) in [6.07, 6.45) is 1.58. The molecule has 0 unspecified atom stereocenters. The Labute approximate surface area is 106 Å². The van der Waals surface area contributed by atoms with Crippen LogP contribution >= 0.6 is 11.3 Å². The van der Waals surface area contributed by atoms with Crippen molar-refractivity contribution in [3.8, 4) is 0 Å². The fourth-order valence-electron chi connectivity index (χ4n) is 1.46. The molecule has 1 amide bonds. The first-order chi connectivity index (χ1) is 8.58. The summed E-state index contributed by atoms with van der Waals surface area (Å²) in [4.78, 5) is 25.9. The van der Waals surface area contributed by atoms with E-state index in [9.17, 15) is 14.9 Å². The Morgan fingerprint density at radius 1 is 1.50 bits per heavy atom. The summed E-state index contributed by atoms with van der Waals surface area (Å²) in [6.45, 7) is 1.60. The second-order valence-electron chi connectivity index (χ2n) is 3.55. The Kier molecular flexibility index (Phi) is 3.33. The fraction of sp³-hybridized carbons (Fsp3) is 0.0909. The van der Waals surface area contributed by atoms with Gasteiger partial charge in [0.1, 0.15) is 0 Å². The maximum atomic E-state index is 11.8. The van der Waals surface area contributed by atoms with Crippen molar-refractivity contribution >= 4 is 28.1 Å². The molecule has 1 heterocycles. The van der Waals surface area contributed by atoms with Gasteiger partial charge in [0, 0.05) is 28.8 Å². The first kappa shape index (κ1) is 12.2. The van der Waals surface area contributed by atoms with E-state index in [2.05, 4.69) is 10.3 Å². The van der Waals surface area contributed by atoms with Crippen molar-refractivity contribution in [3.63, 3.8) is 0 Å². The summed E-state index contributed by atoms with van der Waals surface area (Å²) in [5.41, 5.74) is 0.820. The van der Waals surface area contributed by atoms with Crippen LogP contribution < -0.4 is 5.32 Å². The van der Waals surface area contributed by atoms with Gasteiger partial charge in [0.25, 0.3) is 11.6 Å². The lowest BCUT2D eigenvalue weighted by Crippen LogP contribution is -2.12. The molecule has 0 radical (unpaired) electrons. The second kappa shape index (κ2) is 4.92. The van der Waals surface area contributed by atoms with Gasteiger partial charge < -0.3 is 0 Å². The Hall–Kier alpha value is -2.28. The molecule has 2 aromatic rings. The molecule has 6 nitrogen and oxygen atoms in total. The molecule has 0 saturated heterocycles. The van der Waals surface area contributed by atoms with E-state index < -0.39 is 4.92 Å². The number of carbonyl (C=O) groups excluding carboxylic acids is 1. The number of hydrogen-bond donors (Lipinski definition) is 1. The maximum Gasteiger partial charge on any atom is 0.272 e. The van der Waals surface area contributed by atoms with Gasteiger partial charge in [-0.3, -0.25) is 20.2 Å². The minimum Gasteiger partial charge on any atom is -0.298 e. The van der Waals surface area contributed by atoms with Crippen LogP contribution in [0.3, 0.4) is 0 Å². The monoisotopic (exact) mass is 263 g/mol. The largest absolute Gasteiger partial charge is 0.298 e. The SMILES string of the molecule is Cc1cc(C(=O)Nc2nccs2)ccc1[N+](=O)[O-]. The Balaban J connectivity index is 2.21. The number of rotatable bonds is 3. The molecule has 18 heavy (non-hydrogen) atoms. The lowest BCUT2D eigenvalue weighted by Gasteiger charge is -2.03. The number of aryl methyl sites for hydroxylation is 1. The van der Waals surface area contributed by atoms with Gasteiger partial charge in [0.2, 0.25) is 0 Å². The van der Waals surface area contributed by atoms with E-state index in [1.54, 1.807) is 18.5 Å². The molecule has 2 rings (SSSR count). The van der Waals surface area contributed by atoms with Crippen molar-refractivity contribution in [3.05, 3.63) is 51.0 Å². The standard InChI is InChI=1S/C11H9N3O3S/c1-7-6-8(2-3-9(7)14(16)17)10(15)13-11-12-4-5-18-11/h2-6H,1H3,(H,12,13,15). The van der Waals surface area contributed by atoms with Gasteiger partial charge in [-0.25, -0.2) is 4.98 Å². The number of nitro groups is 1. The number of hydrogen-bond acceptors (Lipinski definition) is 5. The van der Waals surface area contributed by atoms with E-state index >= 15 is 0 Å². The quantitative estimate of drug-likeness (QED) is 0.681. The topological polar surface area (TPSA) is 85.1 Å². The fourth-order valence-corrected chi connectivity index (χ4v) is 1.98. The number of nitro benzene ring substituents is 1. The predicted octanol–water partition coefficient (Wildman–Crippen LogP) is 2.61. The van der Waals surface area contributed by atoms with Crippen LogP contribution in [0.1, 0.15) is 15.9 Å². The van der Waals surface area contributed by atoms with Crippen molar-refractivity contribution in [1.82, 2.24) is 4.98 Å². The zero-order valence-electron chi connectivity index (χ0n) is 9.41. The summed E-state index contributed by atoms with van der Waals surface area (Å²) in [5, 5.41) is 15.5. The van der Waals surface area contributed by atoms with Crippen LogP contribution in [0, 0.1) is 17.0 Å². The zero-order chi connectivity index (χ0) is 13.1. The molecule has 0 atom stereocenters. The van der Waals surface area contributed by atoms with E-state index in [0.717, 1.165) is 0 Å². The third-order valence-electron chi connectivity index (χ3n) is 2.31. The van der Waals surface area contributed by atoms with Crippen LogP contribution in [0.2, 0.25) is 0 Å². The minimum absolute atomic E-state index is 0.000739. The van der Waals surface area contributed by atoms with Crippen LogP contribution in [0.5, 0.6) is 0 Å². The van der Waals surface area contributed by atoms with E-state index in [1.165, 1.54) is 29.5 Å². The van der Waals surface area contributed by atoms with Gasteiger partial charge >= 0.3 is 0 Å². The van der Waals surface area contributed by atoms with Crippen LogP contribution in [0.25, 0.3) is 0 Å². The average molecular weight is 263 g/mol. The number of thiazole rings is 1. The molecule has 0 spiro atoms. The third kappa shape index (κ3) is 2.51. The van der Waals surface area contributed by atoms with E-state index in [1.807, 2.05) is 0 Å². The minimum atomic E-state index is -0.474. The Morgan fingerprint density at radius 2 is 2.28 bits per heavy atom. The van der Waals surface area contributed by atoms with E-state index in [4.69, 9.17) is 0 Å². The molecule has 1 aromatic carbocycles. The van der Waals surface area contributed by atoms with Crippen LogP contribution in [0.15, 0.2) is 29.8 Å². The molecule has 92 valence electrons. The first-order valence-corrected chi connectivity index (χ1v) is 5.92. The second-order valence-corrected chi connectivity index (χ2v) is 4.44. The molecule has 1 N–H and O–H groups in total. The van der Waals surface area contributed by atoms with Crippen LogP contribution in [-0.4, -0.2) is 15.8 Å². The third-order valence-corrected chi connectivity index (χ3v) is 3.00. The van der Waals surface area contributed by atoms with Crippen molar-refractivity contribution in [1.29, 1.82) is 0 Å². The van der Waals surface area contributed by atoms with Gasteiger partial charge in [0.15, 0.2) is 5.13 Å². The van der Waals surface area contributed by atoms with Crippen LogP contribution in [0.4, 0.5) is 10.8 Å². The molecule has 0 saturated carbocycles. The van der Waals surface area contributed by atoms with Gasteiger partial charge in [-0.15, -0.1) is 11.3 Å². The summed E-state index contributed by atoms with van der Waals surface area (Å²) in [7, 11) is 0. The molecule has 7 heteroatoms. The predicted molar refractivity (Wildman–Crippen MR) is 67.9 cm³/mol. The van der Waals surface area contributed by atoms with Crippen molar-refractivity contribution in [2.24, 2.45) is 0 Å². The molecular formula is C11H9N3O3S.